The van der Waals surface area contributed by atoms with Crippen LogP contribution in [0.4, 0.5) is 28.7 Å². The molecule has 2 aromatic heterocycles. The lowest BCUT2D eigenvalue weighted by molar-refractivity contribution is -0.137. The Bertz CT molecular complexity index is 1540. The van der Waals surface area contributed by atoms with Gasteiger partial charge in [-0.05, 0) is 35.4 Å². The van der Waals surface area contributed by atoms with Crippen LogP contribution in [0.15, 0.2) is 60.0 Å². The molecule has 1 aliphatic heterocycles. The molecule has 1 saturated heterocycles. The van der Waals surface area contributed by atoms with Crippen LogP contribution in [-0.2, 0) is 10.9 Å². The Balaban J connectivity index is 1.30. The van der Waals surface area contributed by atoms with Gasteiger partial charge < -0.3 is 15.0 Å². The van der Waals surface area contributed by atoms with Crippen molar-refractivity contribution in [2.45, 2.75) is 6.18 Å². The SMILES string of the molecule is N#Cc1c(N2CCOCC2)sc(-c2ncn[nH]2)c1-c1ccc(NC(=O)N/N=C/c2ccc(C(F)(F)F)cc2)cc1. The molecule has 2 aromatic carbocycles. The maximum Gasteiger partial charge on any atom is 0.416 e. The standard InChI is InChI=1S/C26H21F3N8O2S/c27-26(28,29)18-5-1-16(2-6-18)14-32-36-25(38)34-19-7-3-17(4-8-19)21-20(13-30)24(37-9-11-39-12-10-37)40-22(21)23-31-15-33-35-23/h1-8,14-15H,9-12H2,(H,31,33,35)(H2,34,36,38)/b32-14+. The number of hydrogen-bond acceptors (Lipinski definition) is 8. The number of nitrogens with zero attached hydrogens (tertiary/aromatic N) is 5. The van der Waals surface area contributed by atoms with Crippen LogP contribution in [0.3, 0.4) is 0 Å². The Morgan fingerprint density at radius 2 is 1.88 bits per heavy atom. The number of nitrogens with one attached hydrogen (secondary N) is 3. The van der Waals surface area contributed by atoms with Gasteiger partial charge in [0.2, 0.25) is 0 Å². The summed E-state index contributed by atoms with van der Waals surface area (Å²) < 4.78 is 43.5. The molecule has 0 spiro atoms. The number of amides is 2. The van der Waals surface area contributed by atoms with Crippen LogP contribution in [0.5, 0.6) is 0 Å². The van der Waals surface area contributed by atoms with Crippen LogP contribution >= 0.6 is 11.3 Å². The Hall–Kier alpha value is -4.74. The number of benzene rings is 2. The highest BCUT2D eigenvalue weighted by Gasteiger charge is 2.30. The van der Waals surface area contributed by atoms with Crippen molar-refractivity contribution in [1.82, 2.24) is 20.6 Å². The Morgan fingerprint density at radius 3 is 2.50 bits per heavy atom. The number of nitriles is 1. The first-order valence-corrected chi connectivity index (χ1v) is 12.8. The number of H-pyrrole nitrogens is 1. The van der Waals surface area contributed by atoms with E-state index in [4.69, 9.17) is 4.74 Å². The van der Waals surface area contributed by atoms with E-state index >= 15 is 0 Å². The molecule has 10 nitrogen and oxygen atoms in total. The van der Waals surface area contributed by atoms with Crippen molar-refractivity contribution >= 4 is 34.3 Å². The number of rotatable bonds is 6. The molecule has 0 saturated carbocycles. The second-order valence-corrected chi connectivity index (χ2v) is 9.55. The van der Waals surface area contributed by atoms with Gasteiger partial charge in [0.1, 0.15) is 17.4 Å². The van der Waals surface area contributed by atoms with E-state index in [9.17, 15) is 23.2 Å². The summed E-state index contributed by atoms with van der Waals surface area (Å²) >= 11 is 1.46. The third-order valence-corrected chi connectivity index (χ3v) is 7.24. The quantitative estimate of drug-likeness (QED) is 0.220. The minimum Gasteiger partial charge on any atom is -0.378 e. The molecule has 14 heteroatoms. The van der Waals surface area contributed by atoms with Gasteiger partial charge in [-0.25, -0.2) is 15.2 Å². The fourth-order valence-electron chi connectivity index (χ4n) is 4.07. The highest BCUT2D eigenvalue weighted by atomic mass is 32.1. The molecule has 0 bridgehead atoms. The number of aromatic amines is 1. The highest BCUT2D eigenvalue weighted by molar-refractivity contribution is 7.20. The minimum atomic E-state index is -4.43. The van der Waals surface area contributed by atoms with Crippen LogP contribution in [0.1, 0.15) is 16.7 Å². The third-order valence-electron chi connectivity index (χ3n) is 5.98. The predicted octanol–water partition coefficient (Wildman–Crippen LogP) is 5.08. The van der Waals surface area contributed by atoms with Crippen molar-refractivity contribution in [3.8, 4) is 27.9 Å². The fraction of sp³-hybridized carbons (Fsp3) is 0.192. The average Bonchev–Trinajstić information content (AvgIpc) is 3.62. The Labute approximate surface area is 230 Å². The van der Waals surface area contributed by atoms with Crippen LogP contribution in [0.2, 0.25) is 0 Å². The Kier molecular flexibility index (Phi) is 7.76. The molecule has 1 fully saturated rings. The largest absolute Gasteiger partial charge is 0.416 e. The molecule has 0 atom stereocenters. The van der Waals surface area contributed by atoms with E-state index in [-0.39, 0.29) is 0 Å². The topological polar surface area (TPSA) is 131 Å². The number of alkyl halides is 3. The van der Waals surface area contributed by atoms with Crippen molar-refractivity contribution in [2.24, 2.45) is 5.10 Å². The minimum absolute atomic E-state index is 0.390. The molecule has 3 heterocycles. The van der Waals surface area contributed by atoms with Crippen molar-refractivity contribution in [3.05, 3.63) is 71.5 Å². The number of thiophene rings is 1. The molecule has 204 valence electrons. The van der Waals surface area contributed by atoms with Gasteiger partial charge >= 0.3 is 12.2 Å². The van der Waals surface area contributed by atoms with Crippen LogP contribution < -0.4 is 15.6 Å². The van der Waals surface area contributed by atoms with E-state index in [1.165, 1.54) is 36.0 Å². The van der Waals surface area contributed by atoms with Gasteiger partial charge in [-0.15, -0.1) is 11.3 Å². The van der Waals surface area contributed by atoms with Gasteiger partial charge in [0.25, 0.3) is 0 Å². The number of morpholine rings is 1. The van der Waals surface area contributed by atoms with E-state index in [1.807, 2.05) is 0 Å². The number of carbonyl (C=O) groups excluding carboxylic acids is 1. The van der Waals surface area contributed by atoms with Crippen LogP contribution in [-0.4, -0.2) is 53.7 Å². The van der Waals surface area contributed by atoms with E-state index in [0.29, 0.717) is 54.5 Å². The van der Waals surface area contributed by atoms with Crippen LogP contribution in [0, 0.1) is 11.3 Å². The van der Waals surface area contributed by atoms with Gasteiger partial charge in [-0.1, -0.05) is 24.3 Å². The summed E-state index contributed by atoms with van der Waals surface area (Å²) in [6, 6.07) is 13.0. The second kappa shape index (κ2) is 11.6. The third kappa shape index (κ3) is 5.95. The summed E-state index contributed by atoms with van der Waals surface area (Å²) in [7, 11) is 0. The lowest BCUT2D eigenvalue weighted by Crippen LogP contribution is -2.36. The molecule has 1 aliphatic rings. The molecule has 0 aliphatic carbocycles. The molecule has 2 amide bonds. The summed E-state index contributed by atoms with van der Waals surface area (Å²) in [4.78, 5) is 19.5. The van der Waals surface area contributed by atoms with Gasteiger partial charge in [0.15, 0.2) is 5.82 Å². The molecule has 4 aromatic rings. The summed E-state index contributed by atoms with van der Waals surface area (Å²) in [6.45, 7) is 2.49. The molecular weight excluding hydrogens is 545 g/mol. The number of ether oxygens (including phenoxy) is 1. The predicted molar refractivity (Wildman–Crippen MR) is 144 cm³/mol. The summed E-state index contributed by atoms with van der Waals surface area (Å²) in [5.74, 6) is 0.545. The number of hydrogen-bond donors (Lipinski definition) is 3. The van der Waals surface area contributed by atoms with Crippen molar-refractivity contribution in [1.29, 1.82) is 5.26 Å². The highest BCUT2D eigenvalue weighted by Crippen LogP contribution is 2.46. The zero-order valence-electron chi connectivity index (χ0n) is 20.7. The Morgan fingerprint density at radius 1 is 1.15 bits per heavy atom. The van der Waals surface area contributed by atoms with Gasteiger partial charge in [0.05, 0.1) is 35.4 Å². The van der Waals surface area contributed by atoms with Crippen molar-refractivity contribution < 1.29 is 22.7 Å². The number of halogens is 3. The molecule has 0 radical (unpaired) electrons. The zero-order valence-corrected chi connectivity index (χ0v) is 21.5. The number of urea groups is 1. The maximum atomic E-state index is 12.7. The fourth-order valence-corrected chi connectivity index (χ4v) is 5.34. The van der Waals surface area contributed by atoms with E-state index in [1.54, 1.807) is 24.3 Å². The first-order valence-electron chi connectivity index (χ1n) is 12.0. The van der Waals surface area contributed by atoms with Crippen molar-refractivity contribution in [2.75, 3.05) is 36.5 Å². The number of carbonyl (C=O) groups is 1. The van der Waals surface area contributed by atoms with Gasteiger partial charge in [0, 0.05) is 24.3 Å². The smallest absolute Gasteiger partial charge is 0.378 e. The lowest BCUT2D eigenvalue weighted by atomic mass is 10.0. The van der Waals surface area contributed by atoms with Gasteiger partial charge in [-0.2, -0.15) is 28.6 Å². The zero-order chi connectivity index (χ0) is 28.1. The monoisotopic (exact) mass is 566 g/mol. The molecule has 3 N–H and O–H groups in total. The van der Waals surface area contributed by atoms with Crippen LogP contribution in [0.25, 0.3) is 21.8 Å². The molecule has 5 rings (SSSR count). The molecule has 40 heavy (non-hydrogen) atoms. The average molecular weight is 567 g/mol. The van der Waals surface area contributed by atoms with Gasteiger partial charge in [-0.3, -0.25) is 5.10 Å². The summed E-state index contributed by atoms with van der Waals surface area (Å²) in [5, 5.41) is 24.2. The number of hydrazone groups is 1. The first-order chi connectivity index (χ1) is 19.3. The van der Waals surface area contributed by atoms with E-state index < -0.39 is 17.8 Å². The molecular formula is C26H21F3N8O2S. The number of aromatic nitrogens is 3. The van der Waals surface area contributed by atoms with E-state index in [0.717, 1.165) is 27.6 Å². The summed E-state index contributed by atoms with van der Waals surface area (Å²) in [5.41, 5.74) is 4.35. The normalized spacial score (nSPS) is 13.8. The maximum absolute atomic E-state index is 12.7. The van der Waals surface area contributed by atoms with Crippen molar-refractivity contribution in [3.63, 3.8) is 0 Å². The number of anilines is 2. The lowest BCUT2D eigenvalue weighted by Gasteiger charge is -2.27. The summed E-state index contributed by atoms with van der Waals surface area (Å²) in [6.07, 6.45) is -1.78. The molecule has 0 unspecified atom stereocenters. The van der Waals surface area contributed by atoms with E-state index in [2.05, 4.69) is 42.0 Å². The first kappa shape index (κ1) is 26.9. The second-order valence-electron chi connectivity index (χ2n) is 8.55.